The maximum absolute atomic E-state index is 14.3. The van der Waals surface area contributed by atoms with Crippen LogP contribution >= 0.6 is 11.3 Å². The molecule has 0 saturated carbocycles. The molecule has 172 valence electrons. The first-order valence-electron chi connectivity index (χ1n) is 11.3. The minimum Gasteiger partial charge on any atom is -0.330 e. The topological polar surface area (TPSA) is 40.6 Å². The summed E-state index contributed by atoms with van der Waals surface area (Å²) in [5, 5.41) is 2.08. The second-order valence-electron chi connectivity index (χ2n) is 8.95. The monoisotopic (exact) mass is 464 g/mol. The predicted molar refractivity (Wildman–Crippen MR) is 130 cm³/mol. The van der Waals surface area contributed by atoms with Crippen molar-refractivity contribution in [3.8, 4) is 0 Å². The van der Waals surface area contributed by atoms with E-state index in [1.54, 1.807) is 23.5 Å². The average Bonchev–Trinajstić information content (AvgIpc) is 3.27. The van der Waals surface area contributed by atoms with E-state index >= 15 is 0 Å². The summed E-state index contributed by atoms with van der Waals surface area (Å²) in [6.45, 7) is 6.93. The van der Waals surface area contributed by atoms with Gasteiger partial charge in [0.1, 0.15) is 12.4 Å². The Balaban J connectivity index is 1.65. The molecule has 0 fully saturated rings. The van der Waals surface area contributed by atoms with Gasteiger partial charge in [0.15, 0.2) is 0 Å². The van der Waals surface area contributed by atoms with E-state index in [0.29, 0.717) is 13.1 Å². The van der Waals surface area contributed by atoms with E-state index in [1.807, 2.05) is 30.9 Å². The van der Waals surface area contributed by atoms with Crippen molar-refractivity contribution in [1.29, 1.82) is 0 Å². The highest BCUT2D eigenvalue weighted by Gasteiger charge is 2.35. The van der Waals surface area contributed by atoms with E-state index in [-0.39, 0.29) is 30.0 Å². The number of halogens is 1. The minimum atomic E-state index is -0.567. The summed E-state index contributed by atoms with van der Waals surface area (Å²) >= 11 is 1.73. The number of aryl methyl sites for hydroxylation is 1. The Morgan fingerprint density at radius 3 is 2.55 bits per heavy atom. The molecule has 0 saturated heterocycles. The zero-order valence-corrected chi connectivity index (χ0v) is 20.1. The number of carbonyl (C=O) groups excluding carboxylic acids is 2. The fraction of sp³-hybridized carbons (Fsp3) is 0.333. The van der Waals surface area contributed by atoms with Crippen molar-refractivity contribution in [3.05, 3.63) is 92.9 Å². The number of benzene rings is 2. The first-order chi connectivity index (χ1) is 15.9. The number of thiophene rings is 1. The number of nitrogens with zero attached hydrogens (tertiary/aromatic N) is 2. The molecule has 2 heterocycles. The van der Waals surface area contributed by atoms with E-state index in [9.17, 15) is 14.0 Å². The normalized spacial score (nSPS) is 15.4. The number of hydrogen-bond donors (Lipinski definition) is 0. The fourth-order valence-electron chi connectivity index (χ4n) is 4.53. The molecule has 1 aliphatic heterocycles. The molecular formula is C27H29FN2O2S. The molecule has 4 nitrogen and oxygen atoms in total. The second-order valence-corrected chi connectivity index (χ2v) is 9.96. The molecule has 0 bridgehead atoms. The van der Waals surface area contributed by atoms with Crippen LogP contribution in [0.5, 0.6) is 0 Å². The van der Waals surface area contributed by atoms with E-state index in [1.165, 1.54) is 21.9 Å². The van der Waals surface area contributed by atoms with Gasteiger partial charge in [0.25, 0.3) is 5.91 Å². The predicted octanol–water partition coefficient (Wildman–Crippen LogP) is 5.47. The number of fused-ring (bicyclic) bond motifs is 1. The highest BCUT2D eigenvalue weighted by atomic mass is 32.1. The molecule has 33 heavy (non-hydrogen) atoms. The van der Waals surface area contributed by atoms with Crippen LogP contribution in [-0.4, -0.2) is 41.2 Å². The van der Waals surface area contributed by atoms with Gasteiger partial charge in [-0.2, -0.15) is 0 Å². The van der Waals surface area contributed by atoms with Crippen molar-refractivity contribution in [2.75, 3.05) is 19.6 Å². The van der Waals surface area contributed by atoms with Crippen LogP contribution in [0.25, 0.3) is 0 Å². The Bertz CT molecular complexity index is 1160. The minimum absolute atomic E-state index is 0.000156. The number of amides is 2. The van der Waals surface area contributed by atoms with Gasteiger partial charge >= 0.3 is 0 Å². The maximum atomic E-state index is 14.3. The molecule has 3 aromatic rings. The van der Waals surface area contributed by atoms with Gasteiger partial charge < -0.3 is 9.80 Å². The van der Waals surface area contributed by atoms with Crippen molar-refractivity contribution in [3.63, 3.8) is 0 Å². The van der Waals surface area contributed by atoms with Gasteiger partial charge in [0, 0.05) is 18.0 Å². The standard InChI is InChI=1S/C27H29FN2O2S/c1-18(2)16-29(27(32)21-10-6-7-11-23(21)28)17-25(31)30-14-12-24-22(13-15-33-24)26(30)20-9-5-4-8-19(20)3/h4-11,13,15,18,26H,12,14,16-17H2,1-3H3. The van der Waals surface area contributed by atoms with Crippen molar-refractivity contribution >= 4 is 23.2 Å². The quantitative estimate of drug-likeness (QED) is 0.486. The summed E-state index contributed by atoms with van der Waals surface area (Å²) in [7, 11) is 0. The fourth-order valence-corrected chi connectivity index (χ4v) is 5.44. The molecular weight excluding hydrogens is 435 g/mol. The lowest BCUT2D eigenvalue weighted by molar-refractivity contribution is -0.134. The van der Waals surface area contributed by atoms with Gasteiger partial charge in [-0.05, 0) is 59.5 Å². The lowest BCUT2D eigenvalue weighted by Crippen LogP contribution is -2.47. The zero-order valence-electron chi connectivity index (χ0n) is 19.3. The number of carbonyl (C=O) groups is 2. The van der Waals surface area contributed by atoms with E-state index in [4.69, 9.17) is 0 Å². The summed E-state index contributed by atoms with van der Waals surface area (Å²) in [6, 6.07) is 16.0. The Morgan fingerprint density at radius 2 is 1.82 bits per heavy atom. The smallest absolute Gasteiger partial charge is 0.257 e. The summed E-state index contributed by atoms with van der Waals surface area (Å²) in [6.07, 6.45) is 0.798. The van der Waals surface area contributed by atoms with Crippen LogP contribution in [0.1, 0.15) is 51.8 Å². The molecule has 6 heteroatoms. The molecule has 2 amide bonds. The largest absolute Gasteiger partial charge is 0.330 e. The third-order valence-corrected chi connectivity index (χ3v) is 7.07. The molecule has 0 radical (unpaired) electrons. The summed E-state index contributed by atoms with van der Waals surface area (Å²) < 4.78 is 14.3. The number of hydrogen-bond acceptors (Lipinski definition) is 3. The third-order valence-electron chi connectivity index (χ3n) is 6.07. The Morgan fingerprint density at radius 1 is 1.09 bits per heavy atom. The van der Waals surface area contributed by atoms with Crippen LogP contribution in [-0.2, 0) is 11.2 Å². The molecule has 1 atom stereocenters. The summed E-state index contributed by atoms with van der Waals surface area (Å²) in [4.78, 5) is 31.6. The zero-order chi connectivity index (χ0) is 23.5. The van der Waals surface area contributed by atoms with Crippen molar-refractivity contribution in [1.82, 2.24) is 9.80 Å². The highest BCUT2D eigenvalue weighted by Crippen LogP contribution is 2.39. The van der Waals surface area contributed by atoms with Gasteiger partial charge in [-0.3, -0.25) is 9.59 Å². The van der Waals surface area contributed by atoms with Gasteiger partial charge in [-0.15, -0.1) is 11.3 Å². The molecule has 0 spiro atoms. The van der Waals surface area contributed by atoms with Gasteiger partial charge in [0.05, 0.1) is 11.6 Å². The molecule has 1 aromatic heterocycles. The molecule has 0 aliphatic carbocycles. The molecule has 2 aromatic carbocycles. The van der Waals surface area contributed by atoms with E-state index in [2.05, 4.69) is 30.5 Å². The Kier molecular flexibility index (Phi) is 6.94. The van der Waals surface area contributed by atoms with Crippen LogP contribution in [0.2, 0.25) is 0 Å². The highest BCUT2D eigenvalue weighted by molar-refractivity contribution is 7.10. The number of rotatable bonds is 6. The molecule has 4 rings (SSSR count). The molecule has 1 unspecified atom stereocenters. The van der Waals surface area contributed by atoms with Gasteiger partial charge in [0.2, 0.25) is 5.91 Å². The van der Waals surface area contributed by atoms with Crippen LogP contribution in [0.15, 0.2) is 60.0 Å². The van der Waals surface area contributed by atoms with Crippen molar-refractivity contribution in [2.45, 2.75) is 33.2 Å². The van der Waals surface area contributed by atoms with Crippen molar-refractivity contribution < 1.29 is 14.0 Å². The second kappa shape index (κ2) is 9.87. The third kappa shape index (κ3) is 4.86. The van der Waals surface area contributed by atoms with Crippen LogP contribution in [0, 0.1) is 18.7 Å². The summed E-state index contributed by atoms with van der Waals surface area (Å²) in [5.74, 6) is -0.992. The molecule has 1 aliphatic rings. The lowest BCUT2D eigenvalue weighted by Gasteiger charge is -2.38. The van der Waals surface area contributed by atoms with E-state index < -0.39 is 11.7 Å². The molecule has 0 N–H and O–H groups in total. The average molecular weight is 465 g/mol. The Hall–Kier alpha value is -2.99. The SMILES string of the molecule is Cc1ccccc1C1c2ccsc2CCN1C(=O)CN(CC(C)C)C(=O)c1ccccc1F. The first-order valence-corrected chi connectivity index (χ1v) is 12.2. The van der Waals surface area contributed by atoms with Gasteiger partial charge in [-0.1, -0.05) is 50.2 Å². The Labute approximate surface area is 198 Å². The van der Waals surface area contributed by atoms with E-state index in [0.717, 1.165) is 23.1 Å². The lowest BCUT2D eigenvalue weighted by atomic mass is 9.90. The van der Waals surface area contributed by atoms with Crippen LogP contribution in [0.4, 0.5) is 4.39 Å². The van der Waals surface area contributed by atoms with Crippen molar-refractivity contribution in [2.24, 2.45) is 5.92 Å². The summed E-state index contributed by atoms with van der Waals surface area (Å²) in [5.41, 5.74) is 3.38. The van der Waals surface area contributed by atoms with Crippen LogP contribution < -0.4 is 0 Å². The van der Waals surface area contributed by atoms with Crippen LogP contribution in [0.3, 0.4) is 0 Å². The maximum Gasteiger partial charge on any atom is 0.257 e. The first kappa shape index (κ1) is 23.2. The van der Waals surface area contributed by atoms with Gasteiger partial charge in [-0.25, -0.2) is 4.39 Å².